The van der Waals surface area contributed by atoms with Crippen molar-refractivity contribution in [3.8, 4) is 22.3 Å². The lowest BCUT2D eigenvalue weighted by atomic mass is 9.99. The average Bonchev–Trinajstić information content (AvgIpc) is 3.05. The van der Waals surface area contributed by atoms with E-state index in [1.54, 1.807) is 30.9 Å². The molecule has 0 atom stereocenters. The second-order valence-electron chi connectivity index (χ2n) is 5.84. The molecule has 0 radical (unpaired) electrons. The lowest BCUT2D eigenvalue weighted by Crippen LogP contribution is -1.96. The number of nitrogens with zero attached hydrogens (tertiary/aromatic N) is 5. The smallest absolute Gasteiger partial charge is 0.183 e. The van der Waals surface area contributed by atoms with Gasteiger partial charge in [0.15, 0.2) is 5.65 Å². The topological polar surface area (TPSA) is 56.5 Å². The third kappa shape index (κ3) is 2.65. The quantitative estimate of drug-likeness (QED) is 0.568. The van der Waals surface area contributed by atoms with Gasteiger partial charge >= 0.3 is 0 Å². The molecule has 3 aromatic heterocycles. The van der Waals surface area contributed by atoms with E-state index in [4.69, 9.17) is 0 Å². The summed E-state index contributed by atoms with van der Waals surface area (Å²) in [6.07, 6.45) is 5.11. The first-order valence-corrected chi connectivity index (χ1v) is 8.07. The summed E-state index contributed by atoms with van der Waals surface area (Å²) in [6.45, 7) is 4.68. The number of hydrogen-bond acceptors (Lipinski definition) is 4. The normalized spacial score (nSPS) is 11.2. The van der Waals surface area contributed by atoms with Gasteiger partial charge < -0.3 is 4.57 Å². The Morgan fingerprint density at radius 2 is 1.88 bits per heavy atom. The molecule has 25 heavy (non-hydrogen) atoms. The summed E-state index contributed by atoms with van der Waals surface area (Å²) in [7, 11) is 0. The number of benzene rings is 1. The van der Waals surface area contributed by atoms with Gasteiger partial charge in [0.05, 0.1) is 12.5 Å². The fourth-order valence-corrected chi connectivity index (χ4v) is 2.94. The summed E-state index contributed by atoms with van der Waals surface area (Å²) >= 11 is 0. The van der Waals surface area contributed by atoms with E-state index in [2.05, 4.69) is 20.2 Å². The molecule has 0 N–H and O–H groups in total. The molecule has 4 rings (SSSR count). The molecule has 124 valence electrons. The number of rotatable bonds is 3. The Kier molecular flexibility index (Phi) is 3.72. The minimum atomic E-state index is -0.272. The van der Waals surface area contributed by atoms with Gasteiger partial charge in [0.25, 0.3) is 0 Å². The highest BCUT2D eigenvalue weighted by molar-refractivity contribution is 5.90. The van der Waals surface area contributed by atoms with E-state index in [-0.39, 0.29) is 5.82 Å². The second-order valence-corrected chi connectivity index (χ2v) is 5.84. The zero-order chi connectivity index (χ0) is 17.4. The van der Waals surface area contributed by atoms with Crippen LogP contribution < -0.4 is 0 Å². The minimum Gasteiger partial charge on any atom is -0.314 e. The van der Waals surface area contributed by atoms with E-state index in [1.165, 1.54) is 6.07 Å². The monoisotopic (exact) mass is 333 g/mol. The third-order valence-electron chi connectivity index (χ3n) is 4.23. The molecule has 0 saturated heterocycles. The first-order chi connectivity index (χ1) is 12.2. The van der Waals surface area contributed by atoms with Crippen molar-refractivity contribution in [2.45, 2.75) is 20.4 Å². The maximum atomic E-state index is 14.4. The molecule has 0 aliphatic rings. The molecule has 0 unspecified atom stereocenters. The van der Waals surface area contributed by atoms with E-state index in [0.29, 0.717) is 5.56 Å². The number of fused-ring (bicyclic) bond motifs is 1. The summed E-state index contributed by atoms with van der Waals surface area (Å²) in [5, 5.41) is 8.27. The molecule has 4 aromatic rings. The van der Waals surface area contributed by atoms with Crippen molar-refractivity contribution < 1.29 is 4.39 Å². The maximum absolute atomic E-state index is 14.4. The molecule has 0 saturated carbocycles. The Balaban J connectivity index is 1.90. The van der Waals surface area contributed by atoms with E-state index in [0.717, 1.165) is 40.1 Å². The first-order valence-electron chi connectivity index (χ1n) is 8.07. The largest absolute Gasteiger partial charge is 0.314 e. The van der Waals surface area contributed by atoms with Gasteiger partial charge in [-0.3, -0.25) is 4.98 Å². The van der Waals surface area contributed by atoms with Crippen LogP contribution in [0.1, 0.15) is 12.6 Å². The minimum absolute atomic E-state index is 0.272. The van der Waals surface area contributed by atoms with Crippen LogP contribution in [0, 0.1) is 12.7 Å². The summed E-state index contributed by atoms with van der Waals surface area (Å²) in [6, 6.07) is 8.72. The van der Waals surface area contributed by atoms with Gasteiger partial charge in [-0.15, -0.1) is 5.10 Å². The first kappa shape index (κ1) is 15.4. The average molecular weight is 333 g/mol. The number of pyridine rings is 1. The van der Waals surface area contributed by atoms with Crippen LogP contribution in [0.25, 0.3) is 33.4 Å². The molecule has 5 nitrogen and oxygen atoms in total. The molecule has 0 spiro atoms. The van der Waals surface area contributed by atoms with Crippen molar-refractivity contribution in [3.05, 3.63) is 60.6 Å². The van der Waals surface area contributed by atoms with Crippen LogP contribution >= 0.6 is 0 Å². The van der Waals surface area contributed by atoms with Crippen molar-refractivity contribution in [1.82, 2.24) is 24.7 Å². The van der Waals surface area contributed by atoms with E-state index in [1.807, 2.05) is 30.5 Å². The highest BCUT2D eigenvalue weighted by Gasteiger charge is 2.13. The Bertz CT molecular complexity index is 1070. The molecule has 0 bridgehead atoms. The SMILES string of the molecule is CCn1cnc2c(-c3ccc(F)c(-c4ccnc(C)c4)c3)cnnc21. The predicted octanol–water partition coefficient (Wildman–Crippen LogP) is 4.02. The molecule has 0 fully saturated rings. The van der Waals surface area contributed by atoms with Crippen LogP contribution in [0.4, 0.5) is 4.39 Å². The molecular weight excluding hydrogens is 317 g/mol. The van der Waals surface area contributed by atoms with Gasteiger partial charge in [-0.1, -0.05) is 6.07 Å². The van der Waals surface area contributed by atoms with Gasteiger partial charge in [-0.25, -0.2) is 9.37 Å². The van der Waals surface area contributed by atoms with Crippen molar-refractivity contribution in [3.63, 3.8) is 0 Å². The fraction of sp³-hybridized carbons (Fsp3) is 0.158. The van der Waals surface area contributed by atoms with E-state index < -0.39 is 0 Å². The van der Waals surface area contributed by atoms with Gasteiger partial charge in [-0.05, 0) is 49.2 Å². The van der Waals surface area contributed by atoms with Crippen LogP contribution in [0.15, 0.2) is 49.1 Å². The van der Waals surface area contributed by atoms with Crippen LogP contribution in [-0.2, 0) is 6.54 Å². The third-order valence-corrected chi connectivity index (χ3v) is 4.23. The number of hydrogen-bond donors (Lipinski definition) is 0. The highest BCUT2D eigenvalue weighted by atomic mass is 19.1. The summed E-state index contributed by atoms with van der Waals surface area (Å²) in [5.74, 6) is -0.272. The van der Waals surface area contributed by atoms with Crippen LogP contribution in [0.2, 0.25) is 0 Å². The Hall–Kier alpha value is -3.15. The number of halogens is 1. The number of aromatic nitrogens is 5. The molecule has 3 heterocycles. The molecule has 6 heteroatoms. The molecule has 1 aromatic carbocycles. The Labute approximate surface area is 144 Å². The van der Waals surface area contributed by atoms with E-state index >= 15 is 0 Å². The lowest BCUT2D eigenvalue weighted by Gasteiger charge is -2.08. The van der Waals surface area contributed by atoms with Crippen LogP contribution in [-0.4, -0.2) is 24.7 Å². The van der Waals surface area contributed by atoms with Gasteiger partial charge in [0.2, 0.25) is 0 Å². The van der Waals surface area contributed by atoms with Gasteiger partial charge in [0.1, 0.15) is 11.3 Å². The highest BCUT2D eigenvalue weighted by Crippen LogP contribution is 2.31. The van der Waals surface area contributed by atoms with Crippen molar-refractivity contribution in [1.29, 1.82) is 0 Å². The fourth-order valence-electron chi connectivity index (χ4n) is 2.94. The number of aryl methyl sites for hydroxylation is 2. The molecular formula is C19H16FN5. The zero-order valence-corrected chi connectivity index (χ0v) is 13.9. The summed E-state index contributed by atoms with van der Waals surface area (Å²) < 4.78 is 16.3. The Morgan fingerprint density at radius 1 is 1.04 bits per heavy atom. The zero-order valence-electron chi connectivity index (χ0n) is 13.9. The standard InChI is InChI=1S/C19H16FN5/c1-3-25-11-22-18-16(10-23-24-19(18)25)13-4-5-17(20)15(9-13)14-6-7-21-12(2)8-14/h4-11H,3H2,1-2H3. The van der Waals surface area contributed by atoms with Crippen LogP contribution in [0.3, 0.4) is 0 Å². The Morgan fingerprint density at radius 3 is 2.68 bits per heavy atom. The second kappa shape index (κ2) is 6.05. The van der Waals surface area contributed by atoms with Crippen molar-refractivity contribution >= 4 is 11.2 Å². The molecule has 0 aliphatic carbocycles. The molecule has 0 amide bonds. The van der Waals surface area contributed by atoms with Crippen molar-refractivity contribution in [2.75, 3.05) is 0 Å². The van der Waals surface area contributed by atoms with Gasteiger partial charge in [0, 0.05) is 29.6 Å². The lowest BCUT2D eigenvalue weighted by molar-refractivity contribution is 0.631. The van der Waals surface area contributed by atoms with Crippen molar-refractivity contribution in [2.24, 2.45) is 0 Å². The number of imidazole rings is 1. The summed E-state index contributed by atoms with van der Waals surface area (Å²) in [4.78, 5) is 8.64. The maximum Gasteiger partial charge on any atom is 0.183 e. The van der Waals surface area contributed by atoms with Gasteiger partial charge in [-0.2, -0.15) is 5.10 Å². The van der Waals surface area contributed by atoms with E-state index in [9.17, 15) is 4.39 Å². The van der Waals surface area contributed by atoms with Crippen LogP contribution in [0.5, 0.6) is 0 Å². The summed E-state index contributed by atoms with van der Waals surface area (Å²) in [5.41, 5.74) is 5.35. The molecule has 0 aliphatic heterocycles. The predicted molar refractivity (Wildman–Crippen MR) is 94.4 cm³/mol.